The number of rotatable bonds is 8. The van der Waals surface area contributed by atoms with Gasteiger partial charge in [0.2, 0.25) is 5.91 Å². The van der Waals surface area contributed by atoms with Gasteiger partial charge in [-0.05, 0) is 48.6 Å². The van der Waals surface area contributed by atoms with Gasteiger partial charge in [0, 0.05) is 0 Å². The number of hydrogen-bond acceptors (Lipinski definition) is 8. The number of thioether (sulfide) groups is 1. The van der Waals surface area contributed by atoms with Crippen molar-refractivity contribution in [1.82, 2.24) is 19.4 Å². The van der Waals surface area contributed by atoms with E-state index in [0.717, 1.165) is 0 Å². The standard InChI is InChI=1S/C23H18N4O4S3/c28-18(24-12-16-8-4-10-30-16)14-33-22-25-20-19(21(29)27(22)15-6-2-1-3-7-15)34-23(32)26(20)13-17-9-5-11-31-17/h1-11H,12-14H2,(H,24,28). The first-order chi connectivity index (χ1) is 16.6. The maximum absolute atomic E-state index is 13.6. The lowest BCUT2D eigenvalue weighted by molar-refractivity contribution is -0.118. The van der Waals surface area contributed by atoms with Crippen LogP contribution in [-0.4, -0.2) is 25.8 Å². The largest absolute Gasteiger partial charge is 0.467 e. The average Bonchev–Trinajstić information content (AvgIpc) is 3.61. The van der Waals surface area contributed by atoms with Gasteiger partial charge in [0.25, 0.3) is 5.56 Å². The van der Waals surface area contributed by atoms with E-state index in [9.17, 15) is 9.59 Å². The zero-order valence-corrected chi connectivity index (χ0v) is 20.1. The van der Waals surface area contributed by atoms with E-state index < -0.39 is 0 Å². The molecule has 34 heavy (non-hydrogen) atoms. The van der Waals surface area contributed by atoms with Crippen molar-refractivity contribution in [2.75, 3.05) is 5.75 Å². The van der Waals surface area contributed by atoms with Crippen molar-refractivity contribution in [3.63, 3.8) is 0 Å². The summed E-state index contributed by atoms with van der Waals surface area (Å²) in [6.07, 6.45) is 3.14. The molecule has 0 aliphatic carbocycles. The highest BCUT2D eigenvalue weighted by atomic mass is 32.2. The van der Waals surface area contributed by atoms with Crippen molar-refractivity contribution in [3.05, 3.63) is 93.0 Å². The first kappa shape index (κ1) is 22.4. The summed E-state index contributed by atoms with van der Waals surface area (Å²) in [5.74, 6) is 1.24. The third-order valence-corrected chi connectivity index (χ3v) is 7.30. The Hall–Kier alpha value is -3.41. The number of aromatic nitrogens is 3. The highest BCUT2D eigenvalue weighted by Crippen LogP contribution is 2.25. The molecule has 1 amide bonds. The van der Waals surface area contributed by atoms with Crippen LogP contribution < -0.4 is 10.9 Å². The minimum absolute atomic E-state index is 0.0779. The molecule has 4 aromatic heterocycles. The third kappa shape index (κ3) is 4.63. The second kappa shape index (κ2) is 9.84. The number of carbonyl (C=O) groups is 1. The molecule has 0 saturated heterocycles. The molecule has 1 aromatic carbocycles. The molecule has 0 unspecified atom stereocenters. The highest BCUT2D eigenvalue weighted by molar-refractivity contribution is 7.99. The Labute approximate surface area is 206 Å². The van der Waals surface area contributed by atoms with Crippen LogP contribution in [0.15, 0.2) is 85.9 Å². The van der Waals surface area contributed by atoms with Gasteiger partial charge in [0.15, 0.2) is 14.8 Å². The van der Waals surface area contributed by atoms with Crippen molar-refractivity contribution in [2.45, 2.75) is 18.2 Å². The van der Waals surface area contributed by atoms with Crippen molar-refractivity contribution in [1.29, 1.82) is 0 Å². The molecule has 5 aromatic rings. The number of carbonyl (C=O) groups excluding carboxylic acids is 1. The fraction of sp³-hybridized carbons (Fsp3) is 0.130. The zero-order valence-electron chi connectivity index (χ0n) is 17.7. The quantitative estimate of drug-likeness (QED) is 0.185. The number of benzene rings is 1. The molecule has 8 nitrogen and oxygen atoms in total. The molecule has 172 valence electrons. The topological polar surface area (TPSA) is 95.2 Å². The summed E-state index contributed by atoms with van der Waals surface area (Å²) >= 11 is 7.94. The molecule has 5 rings (SSSR count). The molecule has 0 bridgehead atoms. The van der Waals surface area contributed by atoms with Gasteiger partial charge in [-0.1, -0.05) is 41.3 Å². The molecule has 0 aliphatic heterocycles. The van der Waals surface area contributed by atoms with Crippen LogP contribution in [-0.2, 0) is 17.9 Å². The van der Waals surface area contributed by atoms with E-state index in [-0.39, 0.29) is 23.8 Å². The lowest BCUT2D eigenvalue weighted by atomic mass is 10.3. The Morgan fingerprint density at radius 2 is 1.79 bits per heavy atom. The summed E-state index contributed by atoms with van der Waals surface area (Å²) in [6, 6.07) is 16.4. The van der Waals surface area contributed by atoms with Crippen molar-refractivity contribution in [3.8, 4) is 5.69 Å². The Kier molecular flexibility index (Phi) is 6.48. The Morgan fingerprint density at radius 1 is 1.06 bits per heavy atom. The molecule has 11 heteroatoms. The van der Waals surface area contributed by atoms with Crippen LogP contribution in [0.1, 0.15) is 11.5 Å². The molecule has 0 radical (unpaired) electrons. The van der Waals surface area contributed by atoms with Crippen LogP contribution in [0.3, 0.4) is 0 Å². The van der Waals surface area contributed by atoms with Crippen LogP contribution in [0.4, 0.5) is 0 Å². The number of nitrogens with one attached hydrogen (secondary N) is 1. The van der Waals surface area contributed by atoms with E-state index in [1.165, 1.54) is 27.7 Å². The van der Waals surface area contributed by atoms with E-state index in [0.29, 0.717) is 43.2 Å². The molecule has 0 atom stereocenters. The normalized spacial score (nSPS) is 11.2. The number of hydrogen-bond donors (Lipinski definition) is 1. The summed E-state index contributed by atoms with van der Waals surface area (Å²) in [6.45, 7) is 0.651. The lowest BCUT2D eigenvalue weighted by Gasteiger charge is -2.12. The van der Waals surface area contributed by atoms with E-state index in [2.05, 4.69) is 5.32 Å². The molecule has 0 aliphatic rings. The lowest BCUT2D eigenvalue weighted by Crippen LogP contribution is -2.26. The van der Waals surface area contributed by atoms with Gasteiger partial charge in [0.1, 0.15) is 16.2 Å². The first-order valence-corrected chi connectivity index (χ1v) is 12.5. The number of para-hydroxylation sites is 1. The summed E-state index contributed by atoms with van der Waals surface area (Å²) in [4.78, 5) is 30.8. The average molecular weight is 511 g/mol. The molecular weight excluding hydrogens is 492 g/mol. The van der Waals surface area contributed by atoms with Gasteiger partial charge >= 0.3 is 0 Å². The number of fused-ring (bicyclic) bond motifs is 1. The zero-order chi connectivity index (χ0) is 23.5. The van der Waals surface area contributed by atoms with E-state index in [4.69, 9.17) is 26.0 Å². The van der Waals surface area contributed by atoms with E-state index >= 15 is 0 Å². The van der Waals surface area contributed by atoms with Crippen LogP contribution in [0.25, 0.3) is 16.0 Å². The van der Waals surface area contributed by atoms with Gasteiger partial charge in [-0.15, -0.1) is 0 Å². The first-order valence-electron chi connectivity index (χ1n) is 10.3. The minimum atomic E-state index is -0.232. The molecule has 0 fully saturated rings. The van der Waals surface area contributed by atoms with Crippen LogP contribution in [0.2, 0.25) is 0 Å². The summed E-state index contributed by atoms with van der Waals surface area (Å²) in [5, 5.41) is 3.21. The van der Waals surface area contributed by atoms with Crippen LogP contribution in [0.5, 0.6) is 0 Å². The smallest absolute Gasteiger partial charge is 0.278 e. The van der Waals surface area contributed by atoms with Crippen LogP contribution >= 0.6 is 35.3 Å². The van der Waals surface area contributed by atoms with Gasteiger partial charge in [-0.2, -0.15) is 0 Å². The molecular formula is C23H18N4O4S3. The Morgan fingerprint density at radius 3 is 2.50 bits per heavy atom. The molecule has 0 spiro atoms. The monoisotopic (exact) mass is 510 g/mol. The number of furan rings is 2. The molecule has 0 saturated carbocycles. The molecule has 4 heterocycles. The summed E-state index contributed by atoms with van der Waals surface area (Å²) in [5.41, 5.74) is 0.906. The Bertz CT molecular complexity index is 1540. The maximum atomic E-state index is 13.6. The van der Waals surface area contributed by atoms with E-state index in [1.807, 2.05) is 36.4 Å². The fourth-order valence-electron chi connectivity index (χ4n) is 3.36. The van der Waals surface area contributed by atoms with Gasteiger partial charge in [-0.25, -0.2) is 4.98 Å². The van der Waals surface area contributed by atoms with Gasteiger partial charge < -0.3 is 14.2 Å². The third-order valence-electron chi connectivity index (χ3n) is 4.94. The fourth-order valence-corrected chi connectivity index (χ4v) is 5.45. The second-order valence-electron chi connectivity index (χ2n) is 7.20. The van der Waals surface area contributed by atoms with E-state index in [1.54, 1.807) is 35.3 Å². The van der Waals surface area contributed by atoms with Gasteiger partial charge in [-0.3, -0.25) is 18.7 Å². The van der Waals surface area contributed by atoms with Crippen molar-refractivity contribution >= 4 is 51.6 Å². The minimum Gasteiger partial charge on any atom is -0.467 e. The second-order valence-corrected chi connectivity index (χ2v) is 9.79. The maximum Gasteiger partial charge on any atom is 0.278 e. The van der Waals surface area contributed by atoms with Crippen molar-refractivity contribution < 1.29 is 13.6 Å². The summed E-state index contributed by atoms with van der Waals surface area (Å²) < 4.78 is 15.0. The number of amides is 1. The Balaban J connectivity index is 1.51. The highest BCUT2D eigenvalue weighted by Gasteiger charge is 2.19. The number of nitrogens with zero attached hydrogens (tertiary/aromatic N) is 3. The SMILES string of the molecule is O=C(CSc1nc2c(sc(=S)n2Cc2ccco2)c(=O)n1-c1ccccc1)NCc1ccco1. The predicted molar refractivity (Wildman–Crippen MR) is 133 cm³/mol. The summed E-state index contributed by atoms with van der Waals surface area (Å²) in [7, 11) is 0. The van der Waals surface area contributed by atoms with Gasteiger partial charge in [0.05, 0.1) is 37.1 Å². The molecule has 1 N–H and O–H groups in total. The predicted octanol–water partition coefficient (Wildman–Crippen LogP) is 4.62. The number of thiazole rings is 1. The van der Waals surface area contributed by atoms with Crippen LogP contribution in [0, 0.1) is 3.95 Å². The van der Waals surface area contributed by atoms with Crippen molar-refractivity contribution in [2.24, 2.45) is 0 Å².